The Hall–Kier alpha value is -0.180. The predicted octanol–water partition coefficient (Wildman–Crippen LogP) is 3.80. The Balaban J connectivity index is 3.05. The van der Waals surface area contributed by atoms with Crippen molar-refractivity contribution in [2.75, 3.05) is 5.75 Å². The molecular formula is C13H24O2S. The molecule has 0 bridgehead atoms. The number of rotatable bonds is 3. The van der Waals surface area contributed by atoms with Gasteiger partial charge in [-0.3, -0.25) is 4.79 Å². The van der Waals surface area contributed by atoms with Gasteiger partial charge in [-0.25, -0.2) is 0 Å². The Bertz CT molecular complexity index is 253. The molecule has 1 N–H and O–H groups in total. The lowest BCUT2D eigenvalue weighted by Gasteiger charge is -2.46. The molecule has 0 amide bonds. The maximum absolute atomic E-state index is 11.7. The van der Waals surface area contributed by atoms with Crippen LogP contribution in [-0.2, 0) is 4.79 Å². The van der Waals surface area contributed by atoms with Gasteiger partial charge in [0.1, 0.15) is 4.75 Å². The number of carboxylic acids is 1. The number of carboxylic acid groups (broad SMARTS) is 1. The zero-order valence-electron chi connectivity index (χ0n) is 10.9. The van der Waals surface area contributed by atoms with Crippen LogP contribution >= 0.6 is 11.8 Å². The molecule has 1 fully saturated rings. The molecule has 94 valence electrons. The molecule has 16 heavy (non-hydrogen) atoms. The highest BCUT2D eigenvalue weighted by molar-refractivity contribution is 8.01. The summed E-state index contributed by atoms with van der Waals surface area (Å²) in [6, 6.07) is 0. The van der Waals surface area contributed by atoms with E-state index in [1.807, 2.05) is 0 Å². The summed E-state index contributed by atoms with van der Waals surface area (Å²) in [7, 11) is 0. The van der Waals surface area contributed by atoms with Crippen LogP contribution in [0.3, 0.4) is 0 Å². The molecule has 3 heteroatoms. The molecule has 0 aliphatic heterocycles. The molecule has 2 unspecified atom stereocenters. The Morgan fingerprint density at radius 1 is 1.44 bits per heavy atom. The summed E-state index contributed by atoms with van der Waals surface area (Å²) in [6.07, 6.45) is 4.14. The number of carbonyl (C=O) groups is 1. The molecule has 2 nitrogen and oxygen atoms in total. The van der Waals surface area contributed by atoms with E-state index in [0.29, 0.717) is 0 Å². The maximum Gasteiger partial charge on any atom is 0.320 e. The van der Waals surface area contributed by atoms with E-state index in [2.05, 4.69) is 27.7 Å². The Labute approximate surface area is 103 Å². The van der Waals surface area contributed by atoms with Crippen LogP contribution in [0.1, 0.15) is 53.4 Å². The standard InChI is InChI=1S/C13H24O2S/c1-5-16-13(11(14)15)9-7-6-8-10(13)12(2,3)4/h10H,5-9H2,1-4H3,(H,14,15). The highest BCUT2D eigenvalue weighted by atomic mass is 32.2. The topological polar surface area (TPSA) is 37.3 Å². The van der Waals surface area contributed by atoms with Crippen molar-refractivity contribution in [2.24, 2.45) is 11.3 Å². The Morgan fingerprint density at radius 2 is 2.06 bits per heavy atom. The first-order chi connectivity index (χ1) is 7.34. The summed E-state index contributed by atoms with van der Waals surface area (Å²) in [6.45, 7) is 8.59. The van der Waals surface area contributed by atoms with Crippen LogP contribution in [-0.4, -0.2) is 21.6 Å². The summed E-state index contributed by atoms with van der Waals surface area (Å²) < 4.78 is -0.536. The third-order valence-electron chi connectivity index (χ3n) is 3.66. The highest BCUT2D eigenvalue weighted by Crippen LogP contribution is 2.51. The maximum atomic E-state index is 11.7. The van der Waals surface area contributed by atoms with Gasteiger partial charge in [-0.15, -0.1) is 11.8 Å². The minimum absolute atomic E-state index is 0.0843. The molecule has 0 saturated heterocycles. The van der Waals surface area contributed by atoms with Crippen molar-refractivity contribution in [2.45, 2.75) is 58.1 Å². The van der Waals surface area contributed by atoms with Crippen molar-refractivity contribution < 1.29 is 9.90 Å². The third-order valence-corrected chi connectivity index (χ3v) is 5.13. The van der Waals surface area contributed by atoms with E-state index in [4.69, 9.17) is 0 Å². The number of aliphatic carboxylic acids is 1. The largest absolute Gasteiger partial charge is 0.480 e. The molecule has 0 radical (unpaired) electrons. The first-order valence-electron chi connectivity index (χ1n) is 6.22. The van der Waals surface area contributed by atoms with Crippen LogP contribution in [0, 0.1) is 11.3 Å². The minimum Gasteiger partial charge on any atom is -0.480 e. The van der Waals surface area contributed by atoms with Crippen molar-refractivity contribution in [3.63, 3.8) is 0 Å². The smallest absolute Gasteiger partial charge is 0.320 e. The fourth-order valence-electron chi connectivity index (χ4n) is 3.02. The van der Waals surface area contributed by atoms with Crippen LogP contribution in [0.15, 0.2) is 0 Å². The second-order valence-electron chi connectivity index (χ2n) is 5.79. The van der Waals surface area contributed by atoms with Gasteiger partial charge in [0.15, 0.2) is 0 Å². The van der Waals surface area contributed by atoms with E-state index >= 15 is 0 Å². The van der Waals surface area contributed by atoms with E-state index in [1.165, 1.54) is 6.42 Å². The van der Waals surface area contributed by atoms with Crippen LogP contribution in [0.25, 0.3) is 0 Å². The average molecular weight is 244 g/mol. The molecule has 1 saturated carbocycles. The van der Waals surface area contributed by atoms with Gasteiger partial charge in [0.05, 0.1) is 0 Å². The molecule has 1 aliphatic carbocycles. The average Bonchev–Trinajstić information content (AvgIpc) is 2.17. The number of hydrogen-bond acceptors (Lipinski definition) is 2. The lowest BCUT2D eigenvalue weighted by molar-refractivity contribution is -0.144. The van der Waals surface area contributed by atoms with E-state index < -0.39 is 10.7 Å². The van der Waals surface area contributed by atoms with Crippen LogP contribution < -0.4 is 0 Å². The van der Waals surface area contributed by atoms with Gasteiger partial charge in [-0.05, 0) is 29.9 Å². The monoisotopic (exact) mass is 244 g/mol. The molecule has 2 atom stereocenters. The first-order valence-corrected chi connectivity index (χ1v) is 7.20. The summed E-state index contributed by atoms with van der Waals surface area (Å²) >= 11 is 1.64. The van der Waals surface area contributed by atoms with E-state index in [9.17, 15) is 9.90 Å². The van der Waals surface area contributed by atoms with Gasteiger partial charge in [-0.1, -0.05) is 40.5 Å². The zero-order chi connectivity index (χ0) is 12.4. The zero-order valence-corrected chi connectivity index (χ0v) is 11.7. The van der Waals surface area contributed by atoms with Crippen LogP contribution in [0.4, 0.5) is 0 Å². The third kappa shape index (κ3) is 2.55. The van der Waals surface area contributed by atoms with Crippen molar-refractivity contribution >= 4 is 17.7 Å². The van der Waals surface area contributed by atoms with E-state index in [-0.39, 0.29) is 11.3 Å². The molecule has 0 aromatic carbocycles. The number of thioether (sulfide) groups is 1. The summed E-state index contributed by atoms with van der Waals surface area (Å²) in [5.41, 5.74) is 0.0843. The molecule has 1 rings (SSSR count). The fourth-order valence-corrected chi connectivity index (χ4v) is 4.62. The van der Waals surface area contributed by atoms with Crippen molar-refractivity contribution in [3.05, 3.63) is 0 Å². The van der Waals surface area contributed by atoms with Crippen molar-refractivity contribution in [3.8, 4) is 0 Å². The molecule has 0 spiro atoms. The quantitative estimate of drug-likeness (QED) is 0.820. The van der Waals surface area contributed by atoms with Gasteiger partial charge in [0.25, 0.3) is 0 Å². The Morgan fingerprint density at radius 3 is 2.50 bits per heavy atom. The lowest BCUT2D eigenvalue weighted by atomic mass is 9.66. The second-order valence-corrected chi connectivity index (χ2v) is 7.39. The predicted molar refractivity (Wildman–Crippen MR) is 69.9 cm³/mol. The van der Waals surface area contributed by atoms with Crippen molar-refractivity contribution in [1.82, 2.24) is 0 Å². The van der Waals surface area contributed by atoms with Gasteiger partial charge >= 0.3 is 5.97 Å². The lowest BCUT2D eigenvalue weighted by Crippen LogP contribution is -2.50. The molecule has 0 aromatic heterocycles. The van der Waals surface area contributed by atoms with E-state index in [0.717, 1.165) is 25.0 Å². The summed E-state index contributed by atoms with van der Waals surface area (Å²) in [5.74, 6) is 0.578. The molecule has 1 aliphatic rings. The van der Waals surface area contributed by atoms with E-state index in [1.54, 1.807) is 11.8 Å². The number of hydrogen-bond donors (Lipinski definition) is 1. The summed E-state index contributed by atoms with van der Waals surface area (Å²) in [4.78, 5) is 11.7. The van der Waals surface area contributed by atoms with Crippen LogP contribution in [0.5, 0.6) is 0 Å². The SMILES string of the molecule is CCSC1(C(=O)O)CCCCC1C(C)(C)C. The van der Waals surface area contributed by atoms with Gasteiger partial charge in [0, 0.05) is 0 Å². The molecule has 0 heterocycles. The molecule has 0 aromatic rings. The highest BCUT2D eigenvalue weighted by Gasteiger charge is 2.51. The normalized spacial score (nSPS) is 31.4. The molecular weight excluding hydrogens is 220 g/mol. The van der Waals surface area contributed by atoms with Crippen molar-refractivity contribution in [1.29, 1.82) is 0 Å². The first kappa shape index (κ1) is 13.9. The van der Waals surface area contributed by atoms with Gasteiger partial charge in [0.2, 0.25) is 0 Å². The Kier molecular flexibility index (Phi) is 4.33. The van der Waals surface area contributed by atoms with Gasteiger partial charge in [-0.2, -0.15) is 0 Å². The van der Waals surface area contributed by atoms with Crippen LogP contribution in [0.2, 0.25) is 0 Å². The second kappa shape index (κ2) is 4.99. The fraction of sp³-hybridized carbons (Fsp3) is 0.923. The summed E-state index contributed by atoms with van der Waals surface area (Å²) in [5, 5.41) is 9.63. The minimum atomic E-state index is -0.598. The van der Waals surface area contributed by atoms with Gasteiger partial charge < -0.3 is 5.11 Å².